The van der Waals surface area contributed by atoms with E-state index in [4.69, 9.17) is 0 Å². The third kappa shape index (κ3) is 4.03. The maximum atomic E-state index is 9.89. The predicted octanol–water partition coefficient (Wildman–Crippen LogP) is 0.501. The molecule has 0 radical (unpaired) electrons. The molecule has 1 aromatic rings. The second kappa shape index (κ2) is 6.56. The highest BCUT2D eigenvalue weighted by atomic mass is 32.2. The lowest BCUT2D eigenvalue weighted by atomic mass is 10.3. The fourth-order valence-electron chi connectivity index (χ4n) is 1.69. The summed E-state index contributed by atoms with van der Waals surface area (Å²) in [4.78, 5) is 6.49. The van der Waals surface area contributed by atoms with Gasteiger partial charge < -0.3 is 10.4 Å². The van der Waals surface area contributed by atoms with Gasteiger partial charge in [-0.15, -0.1) is 11.3 Å². The van der Waals surface area contributed by atoms with Gasteiger partial charge in [-0.3, -0.25) is 4.90 Å². The Kier molecular flexibility index (Phi) is 5.05. The molecule has 1 fully saturated rings. The number of thioether (sulfide) groups is 1. The third-order valence-corrected chi connectivity index (χ3v) is 4.60. The molecule has 16 heavy (non-hydrogen) atoms. The van der Waals surface area contributed by atoms with Crippen molar-refractivity contribution in [3.8, 4) is 0 Å². The highest BCUT2D eigenvalue weighted by Crippen LogP contribution is 2.20. The van der Waals surface area contributed by atoms with Gasteiger partial charge in [-0.1, -0.05) is 11.8 Å². The largest absolute Gasteiger partial charge is 0.391 e. The first kappa shape index (κ1) is 12.3. The molecule has 1 unspecified atom stereocenters. The monoisotopic (exact) mass is 259 g/mol. The number of hydrogen-bond donors (Lipinski definition) is 2. The average Bonchev–Trinajstić information content (AvgIpc) is 2.81. The number of hydrogen-bond acceptors (Lipinski definition) is 6. The summed E-state index contributed by atoms with van der Waals surface area (Å²) < 4.78 is 1.04. The maximum Gasteiger partial charge on any atom is 0.149 e. The molecule has 2 N–H and O–H groups in total. The van der Waals surface area contributed by atoms with Crippen molar-refractivity contribution < 1.29 is 5.11 Å². The number of aliphatic hydroxyl groups is 1. The quantitative estimate of drug-likeness (QED) is 0.754. The van der Waals surface area contributed by atoms with Crippen molar-refractivity contribution in [1.82, 2.24) is 15.2 Å². The molecule has 2 rings (SSSR count). The number of β-amino-alcohol motifs (C(OH)–C–C–N with tert-alkyl or cyclic N) is 1. The van der Waals surface area contributed by atoms with E-state index < -0.39 is 0 Å². The normalized spacial score (nSPS) is 19.8. The molecule has 4 nitrogen and oxygen atoms in total. The zero-order valence-electron chi connectivity index (χ0n) is 9.13. The van der Waals surface area contributed by atoms with E-state index in [1.165, 1.54) is 0 Å². The standard InChI is InChI=1S/C10H17N3OS2/c14-9(7-13-4-1-11-2-5-13)8-16-10-12-3-6-15-10/h3,6,9,11,14H,1-2,4-5,7-8H2. The Bertz CT molecular complexity index is 288. The van der Waals surface area contributed by atoms with Gasteiger partial charge in [0.2, 0.25) is 0 Å². The molecule has 0 bridgehead atoms. The minimum atomic E-state index is -0.257. The molecule has 2 heterocycles. The molecule has 0 saturated carbocycles. The number of aromatic nitrogens is 1. The van der Waals surface area contributed by atoms with Gasteiger partial charge in [0.25, 0.3) is 0 Å². The smallest absolute Gasteiger partial charge is 0.149 e. The Labute approximate surface area is 104 Å². The predicted molar refractivity (Wildman–Crippen MR) is 68.2 cm³/mol. The van der Waals surface area contributed by atoms with E-state index in [-0.39, 0.29) is 6.10 Å². The number of rotatable bonds is 5. The fourth-order valence-corrected chi connectivity index (χ4v) is 3.27. The second-order valence-electron chi connectivity index (χ2n) is 3.81. The van der Waals surface area contributed by atoms with Gasteiger partial charge in [0.15, 0.2) is 0 Å². The summed E-state index contributed by atoms with van der Waals surface area (Å²) in [6.07, 6.45) is 1.54. The van der Waals surface area contributed by atoms with Crippen LogP contribution >= 0.6 is 23.1 Å². The van der Waals surface area contributed by atoms with E-state index in [2.05, 4.69) is 15.2 Å². The fraction of sp³-hybridized carbons (Fsp3) is 0.700. The van der Waals surface area contributed by atoms with Crippen molar-refractivity contribution in [1.29, 1.82) is 0 Å². The summed E-state index contributed by atoms with van der Waals surface area (Å²) in [5, 5.41) is 15.2. The van der Waals surface area contributed by atoms with Crippen LogP contribution in [-0.2, 0) is 0 Å². The summed E-state index contributed by atoms with van der Waals surface area (Å²) in [6.45, 7) is 4.93. The van der Waals surface area contributed by atoms with Gasteiger partial charge in [0, 0.05) is 50.1 Å². The Hall–Kier alpha value is -0.140. The van der Waals surface area contributed by atoms with E-state index in [1.54, 1.807) is 29.3 Å². The molecule has 90 valence electrons. The molecule has 0 aliphatic carbocycles. The molecular formula is C10H17N3OS2. The van der Waals surface area contributed by atoms with Crippen molar-refractivity contribution in [3.63, 3.8) is 0 Å². The van der Waals surface area contributed by atoms with Gasteiger partial charge in [-0.2, -0.15) is 0 Å². The van der Waals surface area contributed by atoms with Crippen LogP contribution in [0.25, 0.3) is 0 Å². The lowest BCUT2D eigenvalue weighted by molar-refractivity contribution is 0.121. The highest BCUT2D eigenvalue weighted by Gasteiger charge is 2.14. The summed E-state index contributed by atoms with van der Waals surface area (Å²) in [7, 11) is 0. The molecule has 1 aliphatic rings. The van der Waals surface area contributed by atoms with Crippen LogP contribution in [0.4, 0.5) is 0 Å². The van der Waals surface area contributed by atoms with Gasteiger partial charge in [-0.25, -0.2) is 4.98 Å². The van der Waals surface area contributed by atoms with E-state index in [9.17, 15) is 5.11 Å². The van der Waals surface area contributed by atoms with Gasteiger partial charge in [0.1, 0.15) is 4.34 Å². The molecular weight excluding hydrogens is 242 g/mol. The van der Waals surface area contributed by atoms with E-state index in [0.29, 0.717) is 0 Å². The van der Waals surface area contributed by atoms with E-state index in [0.717, 1.165) is 42.8 Å². The van der Waals surface area contributed by atoms with Crippen molar-refractivity contribution in [2.75, 3.05) is 38.5 Å². The number of piperazine rings is 1. The molecule has 1 saturated heterocycles. The number of nitrogens with one attached hydrogen (secondary N) is 1. The Balaban J connectivity index is 1.65. The zero-order chi connectivity index (χ0) is 11.2. The van der Waals surface area contributed by atoms with Crippen molar-refractivity contribution in [3.05, 3.63) is 11.6 Å². The molecule has 1 atom stereocenters. The van der Waals surface area contributed by atoms with Crippen molar-refractivity contribution >= 4 is 23.1 Å². The van der Waals surface area contributed by atoms with Crippen LogP contribution in [0.5, 0.6) is 0 Å². The van der Waals surface area contributed by atoms with Gasteiger partial charge in [-0.05, 0) is 0 Å². The minimum Gasteiger partial charge on any atom is -0.391 e. The molecule has 1 aliphatic heterocycles. The minimum absolute atomic E-state index is 0.257. The van der Waals surface area contributed by atoms with Gasteiger partial charge in [0.05, 0.1) is 6.10 Å². The number of aliphatic hydroxyl groups excluding tert-OH is 1. The van der Waals surface area contributed by atoms with Crippen LogP contribution < -0.4 is 5.32 Å². The first-order valence-electron chi connectivity index (χ1n) is 5.48. The average molecular weight is 259 g/mol. The molecule has 1 aromatic heterocycles. The van der Waals surface area contributed by atoms with Crippen LogP contribution in [-0.4, -0.2) is 59.6 Å². The SMILES string of the molecule is OC(CSc1nccs1)CN1CCNCC1. The number of nitrogens with zero attached hydrogens (tertiary/aromatic N) is 2. The van der Waals surface area contributed by atoms with Gasteiger partial charge >= 0.3 is 0 Å². The molecule has 0 aromatic carbocycles. The van der Waals surface area contributed by atoms with E-state index in [1.807, 2.05) is 5.38 Å². The molecule has 6 heteroatoms. The molecule has 0 amide bonds. The molecule has 0 spiro atoms. The van der Waals surface area contributed by atoms with Crippen LogP contribution in [0.3, 0.4) is 0 Å². The first-order chi connectivity index (χ1) is 7.84. The Morgan fingerprint density at radius 3 is 3.06 bits per heavy atom. The maximum absolute atomic E-state index is 9.89. The zero-order valence-corrected chi connectivity index (χ0v) is 10.8. The summed E-state index contributed by atoms with van der Waals surface area (Å²) in [6, 6.07) is 0. The summed E-state index contributed by atoms with van der Waals surface area (Å²) >= 11 is 3.27. The first-order valence-corrected chi connectivity index (χ1v) is 7.34. The van der Waals surface area contributed by atoms with Crippen LogP contribution in [0.2, 0.25) is 0 Å². The lowest BCUT2D eigenvalue weighted by Gasteiger charge is -2.28. The Morgan fingerprint density at radius 2 is 2.38 bits per heavy atom. The summed E-state index contributed by atoms with van der Waals surface area (Å²) in [5.41, 5.74) is 0. The lowest BCUT2D eigenvalue weighted by Crippen LogP contribution is -2.46. The van der Waals surface area contributed by atoms with Crippen molar-refractivity contribution in [2.45, 2.75) is 10.4 Å². The second-order valence-corrected chi connectivity index (χ2v) is 5.98. The topological polar surface area (TPSA) is 48.4 Å². The Morgan fingerprint density at radius 1 is 1.56 bits per heavy atom. The third-order valence-electron chi connectivity index (χ3n) is 2.49. The van der Waals surface area contributed by atoms with Crippen LogP contribution in [0.15, 0.2) is 15.9 Å². The van der Waals surface area contributed by atoms with Crippen LogP contribution in [0.1, 0.15) is 0 Å². The summed E-state index contributed by atoms with van der Waals surface area (Å²) in [5.74, 6) is 0.734. The van der Waals surface area contributed by atoms with E-state index >= 15 is 0 Å². The number of thiazole rings is 1. The highest BCUT2D eigenvalue weighted by molar-refractivity contribution is 8.01. The van der Waals surface area contributed by atoms with Crippen molar-refractivity contribution in [2.24, 2.45) is 0 Å². The van der Waals surface area contributed by atoms with Crippen LogP contribution in [0, 0.1) is 0 Å².